The van der Waals surface area contributed by atoms with Crippen molar-refractivity contribution in [3.63, 3.8) is 0 Å². The minimum atomic E-state index is -3.56. The van der Waals surface area contributed by atoms with Crippen LogP contribution in [0.15, 0.2) is 41.5 Å². The van der Waals surface area contributed by atoms with Gasteiger partial charge in [0.05, 0.1) is 29.6 Å². The Morgan fingerprint density at radius 3 is 2.21 bits per heavy atom. The number of benzene rings is 1. The van der Waals surface area contributed by atoms with Crippen molar-refractivity contribution in [1.82, 2.24) is 5.32 Å². The predicted molar refractivity (Wildman–Crippen MR) is 189 cm³/mol. The normalized spacial score (nSPS) is 35.9. The van der Waals surface area contributed by atoms with Crippen LogP contribution in [0.2, 0.25) is 0 Å². The Bertz CT molecular complexity index is 1920. The Morgan fingerprint density at radius 1 is 1.02 bits per heavy atom. The van der Waals surface area contributed by atoms with Crippen molar-refractivity contribution < 1.29 is 86.0 Å². The molecule has 3 aliphatic carbocycles. The van der Waals surface area contributed by atoms with E-state index in [2.05, 4.69) is 0 Å². The predicted octanol–water partition coefficient (Wildman–Crippen LogP) is 2.31. The molecule has 0 radical (unpaired) electrons. The number of aliphatic hydroxyl groups excluding tert-OH is 3. The minimum Gasteiger partial charge on any atom is -0.454 e. The Hall–Kier alpha value is -4.72. The molecule has 2 bridgehead atoms. The number of fused-ring (bicyclic) bond motifs is 4. The van der Waals surface area contributed by atoms with Crippen molar-refractivity contribution in [1.29, 1.82) is 0 Å². The summed E-state index contributed by atoms with van der Waals surface area (Å²) in [6.07, 6.45) is -20.3. The van der Waals surface area contributed by atoms with Gasteiger partial charge in [-0.15, -0.1) is 0 Å². The Labute approximate surface area is 331 Å². The lowest BCUT2D eigenvalue weighted by Crippen LogP contribution is -2.83. The number of alkyl halides is 2. The van der Waals surface area contributed by atoms with Gasteiger partial charge in [0.2, 0.25) is 5.60 Å². The van der Waals surface area contributed by atoms with Crippen LogP contribution in [0.1, 0.15) is 72.2 Å². The fourth-order valence-corrected chi connectivity index (χ4v) is 9.60. The van der Waals surface area contributed by atoms with Gasteiger partial charge < -0.3 is 53.8 Å². The number of alkyl carbamates (subject to hydrolysis) is 1. The summed E-state index contributed by atoms with van der Waals surface area (Å²) in [5, 5.41) is 36.8. The zero-order valence-corrected chi connectivity index (χ0v) is 33.0. The number of Topliss-reactive ketones (excluding diaryl/α,β-unsaturated/α-hetero) is 1. The van der Waals surface area contributed by atoms with E-state index < -0.39 is 131 Å². The smallest absolute Gasteiger partial charge is 0.454 e. The number of nitrogens with one attached hydrogen (secondary N) is 1. The second kappa shape index (κ2) is 14.5. The van der Waals surface area contributed by atoms with Crippen molar-refractivity contribution in [2.75, 3.05) is 6.61 Å². The van der Waals surface area contributed by atoms with E-state index in [-0.39, 0.29) is 23.1 Å². The maximum Gasteiger partial charge on any atom is 0.509 e. The van der Waals surface area contributed by atoms with Crippen molar-refractivity contribution in [3.8, 4) is 0 Å². The largest absolute Gasteiger partial charge is 0.509 e. The van der Waals surface area contributed by atoms with Gasteiger partial charge in [-0.2, -0.15) is 0 Å². The third-order valence-corrected chi connectivity index (χ3v) is 12.2. The van der Waals surface area contributed by atoms with E-state index in [1.165, 1.54) is 72.7 Å². The first-order valence-corrected chi connectivity index (χ1v) is 18.6. The molecule has 4 fully saturated rings. The number of carbonyl (C=O) groups excluding carboxylic acids is 6. The standard InChI is InChI=1S/C39H47F2NO16/c1-16-21-23(45)27(47)37(8)19(44)14-20-38(15-52-20,56-17(2)43)26(37)29(54-31(48)18-12-10-9-11-13-18)39(36(21,6)7)28(55-34(51)58-39)25(16)53-32(49)24(46)22(30(40)41)42-33(50)57-35(3,4)5/h9-13,19-20,22-26,28-30,44-46H,14-15H2,1-8H3,(H,42,50)/t19-,20+,22+,23+,24+,25+,26-,28-,29-,37+,38-,39+/m0/s1. The number of aliphatic hydroxyl groups is 3. The first-order valence-electron chi connectivity index (χ1n) is 18.6. The summed E-state index contributed by atoms with van der Waals surface area (Å²) >= 11 is 0. The van der Waals surface area contributed by atoms with Crippen LogP contribution < -0.4 is 5.32 Å². The molecule has 5 aliphatic rings. The van der Waals surface area contributed by atoms with Gasteiger partial charge in [0.1, 0.15) is 23.9 Å². The molecular formula is C39H47F2NO16. The van der Waals surface area contributed by atoms with E-state index in [4.69, 9.17) is 33.2 Å². The molecule has 17 nitrogen and oxygen atoms in total. The molecular weight excluding hydrogens is 776 g/mol. The second-order valence-electron chi connectivity index (χ2n) is 17.0. The lowest BCUT2D eigenvalue weighted by Gasteiger charge is -2.67. The number of rotatable bonds is 8. The third-order valence-electron chi connectivity index (χ3n) is 12.2. The van der Waals surface area contributed by atoms with Crippen LogP contribution in [-0.4, -0.2) is 130 Å². The van der Waals surface area contributed by atoms with Crippen LogP contribution >= 0.6 is 0 Å². The van der Waals surface area contributed by atoms with Gasteiger partial charge in [-0.05, 0) is 57.9 Å². The molecule has 1 spiro atoms. The number of amides is 1. The van der Waals surface area contributed by atoms with Crippen molar-refractivity contribution >= 4 is 35.9 Å². The third kappa shape index (κ3) is 6.49. The summed E-state index contributed by atoms with van der Waals surface area (Å²) in [7, 11) is 0. The van der Waals surface area contributed by atoms with Gasteiger partial charge in [0.25, 0.3) is 6.43 Å². The van der Waals surface area contributed by atoms with Crippen LogP contribution in [0, 0.1) is 16.7 Å². The summed E-state index contributed by atoms with van der Waals surface area (Å²) in [5.74, 6) is -6.43. The zero-order chi connectivity index (χ0) is 43.1. The molecule has 58 heavy (non-hydrogen) atoms. The molecule has 2 heterocycles. The van der Waals surface area contributed by atoms with Crippen LogP contribution in [-0.2, 0) is 47.5 Å². The van der Waals surface area contributed by atoms with Crippen LogP contribution in [0.3, 0.4) is 0 Å². The quantitative estimate of drug-likeness (QED) is 0.167. The van der Waals surface area contributed by atoms with E-state index in [1.54, 1.807) is 11.4 Å². The molecule has 1 aromatic rings. The zero-order valence-electron chi connectivity index (χ0n) is 33.0. The molecule has 12 atom stereocenters. The summed E-state index contributed by atoms with van der Waals surface area (Å²) in [4.78, 5) is 81.9. The van der Waals surface area contributed by atoms with E-state index in [0.717, 1.165) is 6.92 Å². The number of carbonyl (C=O) groups is 6. The van der Waals surface area contributed by atoms with Gasteiger partial charge in [-0.1, -0.05) is 32.0 Å². The molecule has 2 aliphatic heterocycles. The van der Waals surface area contributed by atoms with Crippen LogP contribution in [0.25, 0.3) is 0 Å². The highest BCUT2D eigenvalue weighted by Crippen LogP contribution is 2.66. The molecule has 19 heteroatoms. The van der Waals surface area contributed by atoms with Crippen LogP contribution in [0.5, 0.6) is 0 Å². The maximum absolute atomic E-state index is 15.0. The summed E-state index contributed by atoms with van der Waals surface area (Å²) < 4.78 is 69.2. The molecule has 6 rings (SSSR count). The van der Waals surface area contributed by atoms with E-state index >= 15 is 0 Å². The minimum absolute atomic E-state index is 0.0303. The molecule has 2 saturated heterocycles. The Balaban J connectivity index is 1.57. The van der Waals surface area contributed by atoms with E-state index in [1.807, 2.05) is 0 Å². The fraction of sp³-hybridized carbons (Fsp3) is 0.641. The van der Waals surface area contributed by atoms with Gasteiger partial charge in [0.15, 0.2) is 35.8 Å². The lowest BCUT2D eigenvalue weighted by molar-refractivity contribution is -0.345. The summed E-state index contributed by atoms with van der Waals surface area (Å²) in [5.41, 5.74) is -9.93. The van der Waals surface area contributed by atoms with Gasteiger partial charge in [-0.3, -0.25) is 9.59 Å². The number of esters is 3. The molecule has 0 unspecified atom stereocenters. The van der Waals surface area contributed by atoms with Gasteiger partial charge in [0, 0.05) is 18.8 Å². The number of ketones is 1. The molecule has 1 aromatic carbocycles. The first-order chi connectivity index (χ1) is 26.8. The van der Waals surface area contributed by atoms with E-state index in [9.17, 15) is 52.9 Å². The lowest BCUT2D eigenvalue weighted by atomic mass is 9.44. The topological polar surface area (TPSA) is 240 Å². The SMILES string of the molecule is CC(=O)O[C@@]12CO[C@@H]1C[C@H](O)[C@@]1(C)C(=O)[C@H](O)C3=C(C)[C@@H](OC(=O)[C@H](O)[C@@H](NC(=O)OC(C)(C)C)C(F)F)[C@@H]4OC(=O)O[C@]4([C@@H](OC(=O)c4ccccc4)[C@H]21)C3(C)C. The molecule has 2 saturated carbocycles. The number of hydrogen-bond acceptors (Lipinski definition) is 16. The summed E-state index contributed by atoms with van der Waals surface area (Å²) in [6, 6.07) is 4.88. The Kier molecular flexibility index (Phi) is 10.7. The molecule has 318 valence electrons. The number of hydrogen-bond donors (Lipinski definition) is 4. The highest BCUT2D eigenvalue weighted by molar-refractivity contribution is 5.94. The average molecular weight is 824 g/mol. The van der Waals surface area contributed by atoms with Crippen molar-refractivity contribution in [2.24, 2.45) is 16.7 Å². The van der Waals surface area contributed by atoms with E-state index in [0.29, 0.717) is 0 Å². The van der Waals surface area contributed by atoms with Crippen LogP contribution in [0.4, 0.5) is 18.4 Å². The monoisotopic (exact) mass is 823 g/mol. The highest BCUT2D eigenvalue weighted by atomic mass is 19.3. The Morgan fingerprint density at radius 2 is 1.66 bits per heavy atom. The fourth-order valence-electron chi connectivity index (χ4n) is 9.60. The average Bonchev–Trinajstić information content (AvgIpc) is 3.49. The van der Waals surface area contributed by atoms with Crippen molar-refractivity contribution in [2.45, 2.75) is 134 Å². The second-order valence-corrected chi connectivity index (χ2v) is 17.0. The molecule has 0 aromatic heterocycles. The van der Waals surface area contributed by atoms with Crippen molar-refractivity contribution in [3.05, 3.63) is 47.0 Å². The maximum atomic E-state index is 15.0. The van der Waals surface area contributed by atoms with Gasteiger partial charge in [-0.25, -0.2) is 28.0 Å². The first kappa shape index (κ1) is 42.9. The number of halogens is 2. The molecule has 1 amide bonds. The van der Waals surface area contributed by atoms with Gasteiger partial charge >= 0.3 is 30.2 Å². The summed E-state index contributed by atoms with van der Waals surface area (Å²) in [6.45, 7) is 10.5. The highest BCUT2D eigenvalue weighted by Gasteiger charge is 2.83. The molecule has 4 N–H and O–H groups in total. The number of ether oxygens (including phenoxy) is 7.